The summed E-state index contributed by atoms with van der Waals surface area (Å²) in [6.07, 6.45) is 4.36. The van der Waals surface area contributed by atoms with Crippen LogP contribution in [0.15, 0.2) is 57.2 Å². The van der Waals surface area contributed by atoms with Crippen molar-refractivity contribution in [2.24, 2.45) is 0 Å². The van der Waals surface area contributed by atoms with E-state index < -0.39 is 5.97 Å². The van der Waals surface area contributed by atoms with Crippen LogP contribution in [0.3, 0.4) is 0 Å². The summed E-state index contributed by atoms with van der Waals surface area (Å²) in [5.41, 5.74) is 3.39. The first-order valence-corrected chi connectivity index (χ1v) is 10.2. The summed E-state index contributed by atoms with van der Waals surface area (Å²) in [4.78, 5) is 33.2. The average Bonchev–Trinajstić information content (AvgIpc) is 3.39. The monoisotopic (exact) mass is 404 g/mol. The number of hydrogen-bond donors (Lipinski definition) is 0. The third-order valence-electron chi connectivity index (χ3n) is 4.94. The number of nitrogens with zero attached hydrogens (tertiary/aromatic N) is 2. The normalized spacial score (nSPS) is 12.8. The van der Waals surface area contributed by atoms with E-state index in [0.29, 0.717) is 17.0 Å². The number of carbonyl (C=O) groups excluding carboxylic acids is 1. The molecule has 1 aliphatic carbocycles. The van der Waals surface area contributed by atoms with E-state index in [1.165, 1.54) is 11.3 Å². The van der Waals surface area contributed by atoms with E-state index in [2.05, 4.69) is 9.97 Å². The van der Waals surface area contributed by atoms with Gasteiger partial charge in [0.05, 0.1) is 17.8 Å². The van der Waals surface area contributed by atoms with Gasteiger partial charge in [-0.1, -0.05) is 6.07 Å². The molecular weight excluding hydrogens is 388 g/mol. The standard InChI is InChI=1S/C22H16N2O4S/c25-20(10-13-12-29-21(24-13)18-6-1-2-9-23-18)27-14-7-8-16-15-4-3-5-17(15)22(26)28-19(16)11-14/h1-2,6-9,11-12H,3-5,10H2. The Morgan fingerprint density at radius 2 is 2.07 bits per heavy atom. The number of thiazole rings is 1. The van der Waals surface area contributed by atoms with Crippen LogP contribution in [-0.2, 0) is 24.1 Å². The zero-order valence-electron chi connectivity index (χ0n) is 15.4. The Bertz CT molecular complexity index is 1280. The zero-order chi connectivity index (χ0) is 19.8. The van der Waals surface area contributed by atoms with Crippen molar-refractivity contribution in [1.29, 1.82) is 0 Å². The Morgan fingerprint density at radius 3 is 2.93 bits per heavy atom. The van der Waals surface area contributed by atoms with E-state index >= 15 is 0 Å². The largest absolute Gasteiger partial charge is 0.426 e. The van der Waals surface area contributed by atoms with E-state index in [9.17, 15) is 9.59 Å². The molecule has 0 radical (unpaired) electrons. The van der Waals surface area contributed by atoms with Gasteiger partial charge in [-0.3, -0.25) is 9.78 Å². The summed E-state index contributed by atoms with van der Waals surface area (Å²) in [5.74, 6) is -0.0745. The lowest BCUT2D eigenvalue weighted by Crippen LogP contribution is -2.12. The first kappa shape index (κ1) is 17.8. The van der Waals surface area contributed by atoms with E-state index in [1.807, 2.05) is 29.6 Å². The molecule has 0 aliphatic heterocycles. The quantitative estimate of drug-likeness (QED) is 0.291. The van der Waals surface area contributed by atoms with Gasteiger partial charge in [-0.05, 0) is 49.1 Å². The number of fused-ring (bicyclic) bond motifs is 3. The van der Waals surface area contributed by atoms with Gasteiger partial charge >= 0.3 is 11.6 Å². The number of hydrogen-bond acceptors (Lipinski definition) is 7. The Balaban J connectivity index is 1.33. The third-order valence-corrected chi connectivity index (χ3v) is 5.85. The fourth-order valence-corrected chi connectivity index (χ4v) is 4.43. The highest BCUT2D eigenvalue weighted by Crippen LogP contribution is 2.30. The molecule has 0 fully saturated rings. The summed E-state index contributed by atoms with van der Waals surface area (Å²) >= 11 is 1.43. The average molecular weight is 404 g/mol. The predicted molar refractivity (Wildman–Crippen MR) is 109 cm³/mol. The van der Waals surface area contributed by atoms with Crippen LogP contribution < -0.4 is 10.4 Å². The summed E-state index contributed by atoms with van der Waals surface area (Å²) in [7, 11) is 0. The number of carbonyl (C=O) groups is 1. The maximum absolute atomic E-state index is 12.4. The van der Waals surface area contributed by atoms with Crippen LogP contribution in [0.25, 0.3) is 21.7 Å². The maximum atomic E-state index is 12.4. The van der Waals surface area contributed by atoms with Crippen molar-refractivity contribution in [3.05, 3.63) is 75.2 Å². The van der Waals surface area contributed by atoms with E-state index in [1.54, 1.807) is 18.3 Å². The molecule has 0 spiro atoms. The number of esters is 1. The van der Waals surface area contributed by atoms with Gasteiger partial charge in [0.25, 0.3) is 0 Å². The highest BCUT2D eigenvalue weighted by Gasteiger charge is 2.20. The molecule has 0 bridgehead atoms. The molecule has 0 amide bonds. The Morgan fingerprint density at radius 1 is 1.17 bits per heavy atom. The molecule has 0 N–H and O–H groups in total. The van der Waals surface area contributed by atoms with Gasteiger partial charge in [-0.25, -0.2) is 9.78 Å². The highest BCUT2D eigenvalue weighted by molar-refractivity contribution is 7.13. The Labute approximate surface area is 169 Å². The van der Waals surface area contributed by atoms with Crippen molar-refractivity contribution < 1.29 is 13.9 Å². The van der Waals surface area contributed by atoms with Gasteiger partial charge in [-0.2, -0.15) is 0 Å². The van der Waals surface area contributed by atoms with Gasteiger partial charge in [0.15, 0.2) is 0 Å². The molecule has 0 atom stereocenters. The number of rotatable bonds is 4. The van der Waals surface area contributed by atoms with Crippen LogP contribution in [-0.4, -0.2) is 15.9 Å². The number of aryl methyl sites for hydroxylation is 1. The van der Waals surface area contributed by atoms with E-state index in [-0.39, 0.29) is 12.0 Å². The first-order chi connectivity index (χ1) is 14.2. The number of benzene rings is 1. The molecule has 1 aliphatic rings. The van der Waals surface area contributed by atoms with Crippen molar-refractivity contribution in [3.8, 4) is 16.5 Å². The van der Waals surface area contributed by atoms with Gasteiger partial charge < -0.3 is 9.15 Å². The molecule has 1 aromatic carbocycles. The van der Waals surface area contributed by atoms with E-state index in [0.717, 1.165) is 46.5 Å². The van der Waals surface area contributed by atoms with Crippen LogP contribution in [0, 0.1) is 0 Å². The molecule has 0 saturated heterocycles. The molecule has 5 rings (SSSR count). The topological polar surface area (TPSA) is 82.3 Å². The van der Waals surface area contributed by atoms with Gasteiger partial charge in [-0.15, -0.1) is 11.3 Å². The van der Waals surface area contributed by atoms with Crippen LogP contribution in [0.2, 0.25) is 0 Å². The molecular formula is C22H16N2O4S. The molecule has 3 aromatic heterocycles. The Kier molecular flexibility index (Phi) is 4.44. The lowest BCUT2D eigenvalue weighted by atomic mass is 10.1. The fraction of sp³-hybridized carbons (Fsp3) is 0.182. The maximum Gasteiger partial charge on any atom is 0.339 e. The highest BCUT2D eigenvalue weighted by atomic mass is 32.1. The summed E-state index contributed by atoms with van der Waals surface area (Å²) in [6.45, 7) is 0. The van der Waals surface area contributed by atoms with Crippen molar-refractivity contribution in [2.75, 3.05) is 0 Å². The molecule has 7 heteroatoms. The molecule has 3 heterocycles. The lowest BCUT2D eigenvalue weighted by molar-refractivity contribution is -0.133. The molecule has 0 saturated carbocycles. The second-order valence-electron chi connectivity index (χ2n) is 6.87. The molecule has 144 valence electrons. The molecule has 4 aromatic rings. The lowest BCUT2D eigenvalue weighted by Gasteiger charge is -2.07. The van der Waals surface area contributed by atoms with Gasteiger partial charge in [0.1, 0.15) is 16.3 Å². The van der Waals surface area contributed by atoms with E-state index in [4.69, 9.17) is 9.15 Å². The summed E-state index contributed by atoms with van der Waals surface area (Å²) in [5, 5.41) is 3.50. The van der Waals surface area contributed by atoms with Crippen LogP contribution in [0.4, 0.5) is 0 Å². The van der Waals surface area contributed by atoms with Crippen LogP contribution in [0.1, 0.15) is 23.2 Å². The van der Waals surface area contributed by atoms with Crippen molar-refractivity contribution in [2.45, 2.75) is 25.7 Å². The fourth-order valence-electron chi connectivity index (χ4n) is 3.64. The smallest absolute Gasteiger partial charge is 0.339 e. The predicted octanol–water partition coefficient (Wildman–Crippen LogP) is 3.95. The summed E-state index contributed by atoms with van der Waals surface area (Å²) in [6, 6.07) is 10.8. The molecule has 6 nitrogen and oxygen atoms in total. The zero-order valence-corrected chi connectivity index (χ0v) is 16.2. The number of ether oxygens (including phenoxy) is 1. The van der Waals surface area contributed by atoms with Crippen LogP contribution in [0.5, 0.6) is 5.75 Å². The van der Waals surface area contributed by atoms with Crippen LogP contribution >= 0.6 is 11.3 Å². The SMILES string of the molecule is O=C(Cc1csc(-c2ccccn2)n1)Oc1ccc2c3c(c(=O)oc2c1)CCC3. The number of aromatic nitrogens is 2. The van der Waals surface area contributed by atoms with Gasteiger partial charge in [0.2, 0.25) is 0 Å². The molecule has 0 unspecified atom stereocenters. The van der Waals surface area contributed by atoms with Crippen molar-refractivity contribution >= 4 is 28.3 Å². The van der Waals surface area contributed by atoms with Crippen molar-refractivity contribution in [3.63, 3.8) is 0 Å². The minimum absolute atomic E-state index is 0.0511. The second kappa shape index (κ2) is 7.25. The first-order valence-electron chi connectivity index (χ1n) is 9.32. The minimum atomic E-state index is -0.425. The minimum Gasteiger partial charge on any atom is -0.426 e. The second-order valence-corrected chi connectivity index (χ2v) is 7.73. The molecule has 29 heavy (non-hydrogen) atoms. The third kappa shape index (κ3) is 3.45. The Hall–Kier alpha value is -3.32. The summed E-state index contributed by atoms with van der Waals surface area (Å²) < 4.78 is 10.9. The van der Waals surface area contributed by atoms with Crippen molar-refractivity contribution in [1.82, 2.24) is 9.97 Å². The van der Waals surface area contributed by atoms with Gasteiger partial charge in [0, 0.05) is 28.6 Å². The number of pyridine rings is 1.